The molecule has 1 aliphatic carbocycles. The minimum Gasteiger partial charge on any atom is -0.383 e. The summed E-state index contributed by atoms with van der Waals surface area (Å²) in [6.07, 6.45) is 7.62. The first kappa shape index (κ1) is 6.34. The fourth-order valence-electron chi connectivity index (χ4n) is 1.26. The number of hydrogen-bond acceptors (Lipinski definition) is 3. The zero-order valence-electron chi connectivity index (χ0n) is 6.12. The van der Waals surface area contributed by atoms with Crippen molar-refractivity contribution in [3.8, 4) is 0 Å². The van der Waals surface area contributed by atoms with Gasteiger partial charge in [-0.2, -0.15) is 0 Å². The average Bonchev–Trinajstić information content (AvgIpc) is 2.06. The molecule has 0 radical (unpaired) electrons. The number of nitrogens with zero attached hydrogens (tertiary/aromatic N) is 2. The van der Waals surface area contributed by atoms with Gasteiger partial charge in [-0.1, -0.05) is 6.08 Å². The lowest BCUT2D eigenvalue weighted by atomic mass is 10.0. The summed E-state index contributed by atoms with van der Waals surface area (Å²) in [6, 6.07) is 0. The molecule has 2 rings (SSSR count). The van der Waals surface area contributed by atoms with Crippen LogP contribution in [0.5, 0.6) is 0 Å². The van der Waals surface area contributed by atoms with Crippen molar-refractivity contribution < 1.29 is 0 Å². The van der Waals surface area contributed by atoms with Crippen molar-refractivity contribution in [3.05, 3.63) is 23.7 Å². The lowest BCUT2D eigenvalue weighted by Gasteiger charge is -2.09. The zero-order valence-corrected chi connectivity index (χ0v) is 6.12. The summed E-state index contributed by atoms with van der Waals surface area (Å²) in [5, 5.41) is 0. The minimum absolute atomic E-state index is 0.624. The van der Waals surface area contributed by atoms with Crippen LogP contribution < -0.4 is 5.73 Å². The maximum atomic E-state index is 5.66. The Bertz CT molecular complexity index is 304. The summed E-state index contributed by atoms with van der Waals surface area (Å²) in [7, 11) is 0. The van der Waals surface area contributed by atoms with Gasteiger partial charge in [-0.15, -0.1) is 0 Å². The SMILES string of the molecule is Nc1ncnc2c1CCC=C2. The summed E-state index contributed by atoms with van der Waals surface area (Å²) < 4.78 is 0. The highest BCUT2D eigenvalue weighted by atomic mass is 14.9. The van der Waals surface area contributed by atoms with Crippen LogP contribution in [0.25, 0.3) is 6.08 Å². The van der Waals surface area contributed by atoms with Gasteiger partial charge in [0, 0.05) is 5.56 Å². The molecule has 0 saturated carbocycles. The largest absolute Gasteiger partial charge is 0.383 e. The molecule has 0 fully saturated rings. The summed E-state index contributed by atoms with van der Waals surface area (Å²) in [4.78, 5) is 8.03. The lowest BCUT2D eigenvalue weighted by molar-refractivity contribution is 0.946. The van der Waals surface area contributed by atoms with E-state index < -0.39 is 0 Å². The molecule has 3 nitrogen and oxygen atoms in total. The van der Waals surface area contributed by atoms with Gasteiger partial charge in [0.1, 0.15) is 12.1 Å². The molecule has 0 unspecified atom stereocenters. The molecular formula is C8H9N3. The third-order valence-corrected chi connectivity index (χ3v) is 1.85. The summed E-state index contributed by atoms with van der Waals surface area (Å²) in [5.74, 6) is 0.624. The molecule has 1 aromatic heterocycles. The number of fused-ring (bicyclic) bond motifs is 1. The number of allylic oxidation sites excluding steroid dienone is 1. The molecule has 56 valence electrons. The maximum Gasteiger partial charge on any atom is 0.130 e. The van der Waals surface area contributed by atoms with Gasteiger partial charge < -0.3 is 5.73 Å². The third kappa shape index (κ3) is 0.981. The van der Waals surface area contributed by atoms with Crippen LogP contribution in [-0.2, 0) is 6.42 Å². The van der Waals surface area contributed by atoms with Crippen molar-refractivity contribution in [2.24, 2.45) is 0 Å². The monoisotopic (exact) mass is 147 g/mol. The van der Waals surface area contributed by atoms with E-state index in [0.29, 0.717) is 5.82 Å². The fraction of sp³-hybridized carbons (Fsp3) is 0.250. The van der Waals surface area contributed by atoms with Crippen LogP contribution in [0, 0.1) is 0 Å². The normalized spacial score (nSPS) is 14.5. The molecule has 1 heterocycles. The van der Waals surface area contributed by atoms with Gasteiger partial charge in [-0.3, -0.25) is 0 Å². The summed E-state index contributed by atoms with van der Waals surface area (Å²) in [5.41, 5.74) is 7.72. The van der Waals surface area contributed by atoms with Crippen LogP contribution in [0.4, 0.5) is 5.82 Å². The van der Waals surface area contributed by atoms with E-state index in [1.54, 1.807) is 0 Å². The van der Waals surface area contributed by atoms with E-state index in [0.717, 1.165) is 24.1 Å². The van der Waals surface area contributed by atoms with E-state index >= 15 is 0 Å². The highest BCUT2D eigenvalue weighted by Crippen LogP contribution is 2.19. The molecule has 1 aromatic rings. The highest BCUT2D eigenvalue weighted by Gasteiger charge is 2.08. The highest BCUT2D eigenvalue weighted by molar-refractivity contribution is 5.58. The Morgan fingerprint density at radius 2 is 2.27 bits per heavy atom. The first-order valence-corrected chi connectivity index (χ1v) is 3.64. The first-order valence-electron chi connectivity index (χ1n) is 3.64. The Morgan fingerprint density at radius 1 is 1.36 bits per heavy atom. The lowest BCUT2D eigenvalue weighted by Crippen LogP contribution is -2.04. The molecule has 0 bridgehead atoms. The second-order valence-corrected chi connectivity index (χ2v) is 2.56. The molecular weight excluding hydrogens is 138 g/mol. The second-order valence-electron chi connectivity index (χ2n) is 2.56. The summed E-state index contributed by atoms with van der Waals surface area (Å²) >= 11 is 0. The predicted molar refractivity (Wildman–Crippen MR) is 43.8 cm³/mol. The average molecular weight is 147 g/mol. The van der Waals surface area contributed by atoms with Gasteiger partial charge in [-0.05, 0) is 18.9 Å². The van der Waals surface area contributed by atoms with Crippen molar-refractivity contribution in [2.45, 2.75) is 12.8 Å². The van der Waals surface area contributed by atoms with Crippen molar-refractivity contribution in [1.82, 2.24) is 9.97 Å². The molecule has 0 spiro atoms. The molecule has 0 aromatic carbocycles. The molecule has 0 amide bonds. The summed E-state index contributed by atoms with van der Waals surface area (Å²) in [6.45, 7) is 0. The van der Waals surface area contributed by atoms with Crippen molar-refractivity contribution in [1.29, 1.82) is 0 Å². The Labute approximate surface area is 65.0 Å². The van der Waals surface area contributed by atoms with Gasteiger partial charge in [0.15, 0.2) is 0 Å². The van der Waals surface area contributed by atoms with Gasteiger partial charge in [0.2, 0.25) is 0 Å². The number of nitrogens with two attached hydrogens (primary N) is 1. The van der Waals surface area contributed by atoms with Crippen LogP contribution >= 0.6 is 0 Å². The maximum absolute atomic E-state index is 5.66. The molecule has 0 atom stereocenters. The van der Waals surface area contributed by atoms with Gasteiger partial charge in [-0.25, -0.2) is 9.97 Å². The van der Waals surface area contributed by atoms with Crippen LogP contribution in [0.3, 0.4) is 0 Å². The Morgan fingerprint density at radius 3 is 3.09 bits per heavy atom. The number of rotatable bonds is 0. The number of nitrogen functional groups attached to an aromatic ring is 1. The van der Waals surface area contributed by atoms with Gasteiger partial charge in [0.25, 0.3) is 0 Å². The van der Waals surface area contributed by atoms with Crippen LogP contribution in [0.15, 0.2) is 12.4 Å². The fourth-order valence-corrected chi connectivity index (χ4v) is 1.26. The molecule has 3 heteroatoms. The molecule has 0 aliphatic heterocycles. The smallest absolute Gasteiger partial charge is 0.130 e. The zero-order chi connectivity index (χ0) is 7.68. The van der Waals surface area contributed by atoms with Crippen LogP contribution in [0.1, 0.15) is 17.7 Å². The second kappa shape index (κ2) is 2.34. The first-order chi connectivity index (χ1) is 5.38. The van der Waals surface area contributed by atoms with E-state index in [9.17, 15) is 0 Å². The van der Waals surface area contributed by atoms with E-state index in [1.807, 2.05) is 6.08 Å². The molecule has 11 heavy (non-hydrogen) atoms. The van der Waals surface area contributed by atoms with Crippen LogP contribution in [0.2, 0.25) is 0 Å². The van der Waals surface area contributed by atoms with Gasteiger partial charge >= 0.3 is 0 Å². The Kier molecular flexibility index (Phi) is 1.35. The molecule has 1 aliphatic rings. The molecule has 2 N–H and O–H groups in total. The standard InChI is InChI=1S/C8H9N3/c9-8-6-3-1-2-4-7(6)10-5-11-8/h2,4-5H,1,3H2,(H2,9,10,11). The van der Waals surface area contributed by atoms with Crippen molar-refractivity contribution in [2.75, 3.05) is 5.73 Å². The number of aromatic nitrogens is 2. The minimum atomic E-state index is 0.624. The van der Waals surface area contributed by atoms with E-state index in [1.165, 1.54) is 6.33 Å². The molecule has 0 saturated heterocycles. The van der Waals surface area contributed by atoms with Gasteiger partial charge in [0.05, 0.1) is 5.69 Å². The Hall–Kier alpha value is -1.38. The van der Waals surface area contributed by atoms with Crippen LogP contribution in [-0.4, -0.2) is 9.97 Å². The van der Waals surface area contributed by atoms with E-state index in [2.05, 4.69) is 16.0 Å². The topological polar surface area (TPSA) is 51.8 Å². The quantitative estimate of drug-likeness (QED) is 0.596. The third-order valence-electron chi connectivity index (χ3n) is 1.85. The van der Waals surface area contributed by atoms with E-state index in [-0.39, 0.29) is 0 Å². The Balaban J connectivity index is 2.60. The number of anilines is 1. The number of hydrogen-bond donors (Lipinski definition) is 1. The van der Waals surface area contributed by atoms with Crippen molar-refractivity contribution >= 4 is 11.9 Å². The van der Waals surface area contributed by atoms with Crippen molar-refractivity contribution in [3.63, 3.8) is 0 Å². The predicted octanol–water partition coefficient (Wildman–Crippen LogP) is 1.02. The van der Waals surface area contributed by atoms with E-state index in [4.69, 9.17) is 5.73 Å².